The molecule has 0 bridgehead atoms. The first-order valence-corrected chi connectivity index (χ1v) is 5.73. The Morgan fingerprint density at radius 3 is 2.78 bits per heavy atom. The van der Waals surface area contributed by atoms with E-state index in [-0.39, 0.29) is 6.04 Å². The molecule has 90 valence electrons. The molecular weight excluding hydrogens is 226 g/mol. The highest BCUT2D eigenvalue weighted by atomic mass is 16.3. The predicted octanol–water partition coefficient (Wildman–Crippen LogP) is 2.38. The molecule has 0 saturated heterocycles. The number of fused-ring (bicyclic) bond motifs is 1. The Morgan fingerprint density at radius 1 is 1.11 bits per heavy atom. The van der Waals surface area contributed by atoms with Crippen molar-refractivity contribution >= 4 is 10.9 Å². The first kappa shape index (κ1) is 11.0. The minimum absolute atomic E-state index is 0.173. The zero-order valence-electron chi connectivity index (χ0n) is 9.71. The number of hydrazine groups is 1. The summed E-state index contributed by atoms with van der Waals surface area (Å²) in [4.78, 5) is 4.34. The molecule has 3 N–H and O–H groups in total. The molecule has 0 aliphatic heterocycles. The van der Waals surface area contributed by atoms with Gasteiger partial charge in [-0.3, -0.25) is 10.8 Å². The van der Waals surface area contributed by atoms with E-state index in [1.807, 2.05) is 42.5 Å². The maximum atomic E-state index is 5.66. The molecule has 1 atom stereocenters. The molecule has 0 spiro atoms. The molecule has 2 heterocycles. The third-order valence-corrected chi connectivity index (χ3v) is 2.99. The lowest BCUT2D eigenvalue weighted by molar-refractivity contribution is 0.453. The van der Waals surface area contributed by atoms with Crippen LogP contribution in [-0.4, -0.2) is 4.98 Å². The first-order chi connectivity index (χ1) is 8.90. The monoisotopic (exact) mass is 239 g/mol. The van der Waals surface area contributed by atoms with Gasteiger partial charge in [0.25, 0.3) is 0 Å². The number of para-hydroxylation sites is 1. The van der Waals surface area contributed by atoms with Crippen LogP contribution in [0.5, 0.6) is 0 Å². The van der Waals surface area contributed by atoms with Gasteiger partial charge in [-0.2, -0.15) is 0 Å². The van der Waals surface area contributed by atoms with Gasteiger partial charge in [-0.05, 0) is 29.8 Å². The highest BCUT2D eigenvalue weighted by Gasteiger charge is 2.17. The van der Waals surface area contributed by atoms with E-state index in [1.54, 1.807) is 12.5 Å². The van der Waals surface area contributed by atoms with Crippen molar-refractivity contribution in [2.75, 3.05) is 0 Å². The molecule has 0 amide bonds. The van der Waals surface area contributed by atoms with Crippen molar-refractivity contribution in [3.63, 3.8) is 0 Å². The van der Waals surface area contributed by atoms with Crippen molar-refractivity contribution in [2.24, 2.45) is 5.84 Å². The number of furan rings is 1. The molecule has 0 fully saturated rings. The SMILES string of the molecule is NNC(c1ccco1)c1ccnc2ccccc12. The number of aromatic nitrogens is 1. The number of nitrogens with two attached hydrogens (primary N) is 1. The Hall–Kier alpha value is -2.17. The lowest BCUT2D eigenvalue weighted by Crippen LogP contribution is -2.28. The van der Waals surface area contributed by atoms with Gasteiger partial charge in [-0.25, -0.2) is 5.43 Å². The summed E-state index contributed by atoms with van der Waals surface area (Å²) in [6.07, 6.45) is 3.42. The van der Waals surface area contributed by atoms with Gasteiger partial charge in [0.2, 0.25) is 0 Å². The molecule has 0 radical (unpaired) electrons. The molecule has 1 aromatic carbocycles. The number of benzene rings is 1. The van der Waals surface area contributed by atoms with E-state index in [9.17, 15) is 0 Å². The molecule has 18 heavy (non-hydrogen) atoms. The zero-order valence-corrected chi connectivity index (χ0v) is 9.71. The Balaban J connectivity index is 2.18. The lowest BCUT2D eigenvalue weighted by atomic mass is 10.0. The Morgan fingerprint density at radius 2 is 2.00 bits per heavy atom. The molecule has 4 heteroatoms. The van der Waals surface area contributed by atoms with Crippen LogP contribution in [0.2, 0.25) is 0 Å². The van der Waals surface area contributed by atoms with E-state index >= 15 is 0 Å². The van der Waals surface area contributed by atoms with Crippen LogP contribution in [0.25, 0.3) is 10.9 Å². The highest BCUT2D eigenvalue weighted by Crippen LogP contribution is 2.27. The first-order valence-electron chi connectivity index (χ1n) is 5.73. The molecule has 4 nitrogen and oxygen atoms in total. The van der Waals surface area contributed by atoms with E-state index in [0.29, 0.717) is 0 Å². The summed E-state index contributed by atoms with van der Waals surface area (Å²) in [6.45, 7) is 0. The van der Waals surface area contributed by atoms with Crippen LogP contribution in [0.4, 0.5) is 0 Å². The predicted molar refractivity (Wildman–Crippen MR) is 69.6 cm³/mol. The fourth-order valence-electron chi connectivity index (χ4n) is 2.15. The van der Waals surface area contributed by atoms with Gasteiger partial charge in [0.1, 0.15) is 11.8 Å². The Bertz CT molecular complexity index is 644. The second-order valence-electron chi connectivity index (χ2n) is 4.03. The van der Waals surface area contributed by atoms with Crippen LogP contribution in [0.1, 0.15) is 17.4 Å². The minimum Gasteiger partial charge on any atom is -0.467 e. The summed E-state index contributed by atoms with van der Waals surface area (Å²) in [5.74, 6) is 6.44. The van der Waals surface area contributed by atoms with Crippen LogP contribution in [0.3, 0.4) is 0 Å². The molecule has 0 saturated carbocycles. The zero-order chi connectivity index (χ0) is 12.4. The summed E-state index contributed by atoms with van der Waals surface area (Å²) >= 11 is 0. The Kier molecular flexibility index (Phi) is 2.80. The van der Waals surface area contributed by atoms with Gasteiger partial charge in [-0.1, -0.05) is 18.2 Å². The van der Waals surface area contributed by atoms with E-state index < -0.39 is 0 Å². The van der Waals surface area contributed by atoms with Crippen LogP contribution >= 0.6 is 0 Å². The van der Waals surface area contributed by atoms with Gasteiger partial charge in [0.05, 0.1) is 11.8 Å². The maximum Gasteiger partial charge on any atom is 0.126 e. The fraction of sp³-hybridized carbons (Fsp3) is 0.0714. The molecule has 3 aromatic rings. The van der Waals surface area contributed by atoms with Crippen LogP contribution < -0.4 is 11.3 Å². The standard InChI is InChI=1S/C14H13N3O/c15-17-14(13-6-3-9-18-13)11-7-8-16-12-5-2-1-4-10(11)12/h1-9,14,17H,15H2. The van der Waals surface area contributed by atoms with E-state index in [2.05, 4.69) is 10.4 Å². The number of nitrogens with one attached hydrogen (secondary N) is 1. The Labute approximate surface area is 104 Å². The average molecular weight is 239 g/mol. The third-order valence-electron chi connectivity index (χ3n) is 2.99. The lowest BCUT2D eigenvalue weighted by Gasteiger charge is -2.15. The van der Waals surface area contributed by atoms with Gasteiger partial charge in [0, 0.05) is 11.6 Å². The highest BCUT2D eigenvalue weighted by molar-refractivity contribution is 5.82. The number of pyridine rings is 1. The van der Waals surface area contributed by atoms with Crippen molar-refractivity contribution in [2.45, 2.75) is 6.04 Å². The molecule has 1 unspecified atom stereocenters. The number of rotatable bonds is 3. The van der Waals surface area contributed by atoms with Crippen molar-refractivity contribution in [3.8, 4) is 0 Å². The smallest absolute Gasteiger partial charge is 0.126 e. The largest absolute Gasteiger partial charge is 0.467 e. The molecular formula is C14H13N3O. The van der Waals surface area contributed by atoms with Crippen molar-refractivity contribution < 1.29 is 4.42 Å². The summed E-state index contributed by atoms with van der Waals surface area (Å²) < 4.78 is 5.43. The van der Waals surface area contributed by atoms with Crippen molar-refractivity contribution in [3.05, 3.63) is 66.2 Å². The summed E-state index contributed by atoms with van der Waals surface area (Å²) in [5, 5.41) is 1.07. The normalized spacial score (nSPS) is 12.7. The second kappa shape index (κ2) is 4.60. The summed E-state index contributed by atoms with van der Waals surface area (Å²) in [5.41, 5.74) is 4.79. The number of nitrogens with zero attached hydrogens (tertiary/aromatic N) is 1. The fourth-order valence-corrected chi connectivity index (χ4v) is 2.15. The van der Waals surface area contributed by atoms with Crippen LogP contribution in [-0.2, 0) is 0 Å². The van der Waals surface area contributed by atoms with Crippen molar-refractivity contribution in [1.82, 2.24) is 10.4 Å². The molecule has 0 aliphatic carbocycles. The van der Waals surface area contributed by atoms with Crippen LogP contribution in [0, 0.1) is 0 Å². The van der Waals surface area contributed by atoms with Gasteiger partial charge in [-0.15, -0.1) is 0 Å². The molecule has 2 aromatic heterocycles. The van der Waals surface area contributed by atoms with Crippen molar-refractivity contribution in [1.29, 1.82) is 0 Å². The molecule has 3 rings (SSSR count). The third kappa shape index (κ3) is 1.77. The van der Waals surface area contributed by atoms with Gasteiger partial charge in [0.15, 0.2) is 0 Å². The van der Waals surface area contributed by atoms with Gasteiger partial charge >= 0.3 is 0 Å². The topological polar surface area (TPSA) is 64.1 Å². The van der Waals surface area contributed by atoms with Crippen LogP contribution in [0.15, 0.2) is 59.3 Å². The van der Waals surface area contributed by atoms with E-state index in [0.717, 1.165) is 22.2 Å². The molecule has 0 aliphatic rings. The average Bonchev–Trinajstić information content (AvgIpc) is 2.94. The number of hydrogen-bond acceptors (Lipinski definition) is 4. The number of hydrogen-bond donors (Lipinski definition) is 2. The quantitative estimate of drug-likeness (QED) is 0.544. The summed E-state index contributed by atoms with van der Waals surface area (Å²) in [6, 6.07) is 13.5. The van der Waals surface area contributed by atoms with Gasteiger partial charge < -0.3 is 4.42 Å². The second-order valence-corrected chi connectivity index (χ2v) is 4.03. The van der Waals surface area contributed by atoms with E-state index in [1.165, 1.54) is 0 Å². The summed E-state index contributed by atoms with van der Waals surface area (Å²) in [7, 11) is 0. The van der Waals surface area contributed by atoms with E-state index in [4.69, 9.17) is 10.3 Å². The minimum atomic E-state index is -0.173. The maximum absolute atomic E-state index is 5.66.